The van der Waals surface area contributed by atoms with E-state index in [4.69, 9.17) is 4.42 Å². The molecule has 0 saturated heterocycles. The van der Waals surface area contributed by atoms with Crippen molar-refractivity contribution in [1.82, 2.24) is 9.78 Å². The number of furan rings is 1. The molecule has 96 valence electrons. The summed E-state index contributed by atoms with van der Waals surface area (Å²) < 4.78 is 7.32. The Morgan fingerprint density at radius 2 is 2.33 bits per heavy atom. The molecule has 2 aromatic rings. The van der Waals surface area contributed by atoms with Crippen LogP contribution in [0.4, 0.5) is 0 Å². The van der Waals surface area contributed by atoms with E-state index < -0.39 is 5.97 Å². The highest BCUT2D eigenvalue weighted by molar-refractivity contribution is 5.94. The van der Waals surface area contributed by atoms with E-state index in [9.17, 15) is 9.90 Å². The summed E-state index contributed by atoms with van der Waals surface area (Å²) in [6, 6.07) is 3.35. The fourth-order valence-electron chi connectivity index (χ4n) is 1.80. The Bertz CT molecular complexity index is 569. The van der Waals surface area contributed by atoms with Crippen LogP contribution >= 0.6 is 0 Å². The van der Waals surface area contributed by atoms with E-state index in [1.165, 1.54) is 0 Å². The zero-order chi connectivity index (χ0) is 13.3. The second-order valence-corrected chi connectivity index (χ2v) is 4.35. The lowest BCUT2D eigenvalue weighted by Gasteiger charge is -2.03. The number of carboxylic acids is 1. The van der Waals surface area contributed by atoms with Crippen LogP contribution in [0.1, 0.15) is 42.3 Å². The molecule has 2 rings (SSSR count). The van der Waals surface area contributed by atoms with Gasteiger partial charge in [-0.25, -0.2) is 4.79 Å². The minimum absolute atomic E-state index is 0.189. The van der Waals surface area contributed by atoms with Crippen molar-refractivity contribution < 1.29 is 14.3 Å². The van der Waals surface area contributed by atoms with Gasteiger partial charge in [0.1, 0.15) is 17.0 Å². The number of aromatic carboxylic acids is 1. The minimum Gasteiger partial charge on any atom is -0.478 e. The van der Waals surface area contributed by atoms with Crippen molar-refractivity contribution in [2.75, 3.05) is 0 Å². The van der Waals surface area contributed by atoms with Gasteiger partial charge in [-0.2, -0.15) is 5.10 Å². The average Bonchev–Trinajstić information content (AvgIpc) is 2.93. The second-order valence-electron chi connectivity index (χ2n) is 4.35. The molecule has 0 aromatic carbocycles. The Kier molecular flexibility index (Phi) is 3.23. The Labute approximate surface area is 105 Å². The zero-order valence-corrected chi connectivity index (χ0v) is 10.7. The predicted molar refractivity (Wildman–Crippen MR) is 66.6 cm³/mol. The molecule has 5 heteroatoms. The van der Waals surface area contributed by atoms with Crippen molar-refractivity contribution in [3.63, 3.8) is 0 Å². The summed E-state index contributed by atoms with van der Waals surface area (Å²) >= 11 is 0. The molecule has 2 aromatic heterocycles. The number of carbonyl (C=O) groups is 1. The Hall–Kier alpha value is -2.04. The van der Waals surface area contributed by atoms with Gasteiger partial charge in [-0.05, 0) is 18.6 Å². The maximum atomic E-state index is 11.3. The summed E-state index contributed by atoms with van der Waals surface area (Å²) in [6.07, 6.45) is 2.52. The van der Waals surface area contributed by atoms with Gasteiger partial charge in [-0.15, -0.1) is 0 Å². The molecule has 0 spiro atoms. The normalized spacial score (nSPS) is 12.6. The summed E-state index contributed by atoms with van der Waals surface area (Å²) in [7, 11) is 1.76. The number of hydrogen-bond donors (Lipinski definition) is 1. The van der Waals surface area contributed by atoms with E-state index in [1.807, 2.05) is 13.8 Å². The third-order valence-electron chi connectivity index (χ3n) is 3.13. The van der Waals surface area contributed by atoms with Crippen LogP contribution in [0.5, 0.6) is 0 Å². The predicted octanol–water partition coefficient (Wildman–Crippen LogP) is 2.89. The molecule has 0 radical (unpaired) electrons. The van der Waals surface area contributed by atoms with Crippen LogP contribution in [-0.4, -0.2) is 20.9 Å². The molecule has 0 fully saturated rings. The van der Waals surface area contributed by atoms with Gasteiger partial charge < -0.3 is 9.52 Å². The molecular weight excluding hydrogens is 232 g/mol. The van der Waals surface area contributed by atoms with Gasteiger partial charge in [0.15, 0.2) is 5.76 Å². The summed E-state index contributed by atoms with van der Waals surface area (Å²) in [5, 5.41) is 13.3. The maximum absolute atomic E-state index is 11.3. The van der Waals surface area contributed by atoms with Crippen molar-refractivity contribution in [2.24, 2.45) is 7.05 Å². The first kappa shape index (κ1) is 12.4. The van der Waals surface area contributed by atoms with Crippen LogP contribution in [-0.2, 0) is 7.05 Å². The van der Waals surface area contributed by atoms with E-state index in [-0.39, 0.29) is 11.5 Å². The molecule has 2 heterocycles. The standard InChI is InChI=1S/C13H16N2O3/c1-4-8(2)11-7-9(13(16)17)12(18-11)10-5-6-14-15(10)3/h5-8H,4H2,1-3H3,(H,16,17). The fourth-order valence-corrected chi connectivity index (χ4v) is 1.80. The second kappa shape index (κ2) is 4.68. The topological polar surface area (TPSA) is 68.3 Å². The molecule has 1 atom stereocenters. The molecule has 0 aliphatic heterocycles. The van der Waals surface area contributed by atoms with Crippen molar-refractivity contribution in [1.29, 1.82) is 0 Å². The molecule has 0 aliphatic rings. The van der Waals surface area contributed by atoms with Crippen molar-refractivity contribution in [3.8, 4) is 11.5 Å². The van der Waals surface area contributed by atoms with Crippen LogP contribution in [0.3, 0.4) is 0 Å². The first-order valence-electron chi connectivity index (χ1n) is 5.90. The van der Waals surface area contributed by atoms with Gasteiger partial charge in [0.05, 0.1) is 0 Å². The van der Waals surface area contributed by atoms with Gasteiger partial charge in [0.25, 0.3) is 0 Å². The zero-order valence-electron chi connectivity index (χ0n) is 10.7. The largest absolute Gasteiger partial charge is 0.478 e. The smallest absolute Gasteiger partial charge is 0.339 e. The maximum Gasteiger partial charge on any atom is 0.339 e. The quantitative estimate of drug-likeness (QED) is 0.903. The van der Waals surface area contributed by atoms with Gasteiger partial charge in [-0.3, -0.25) is 4.68 Å². The number of hydrogen-bond acceptors (Lipinski definition) is 3. The van der Waals surface area contributed by atoms with Crippen molar-refractivity contribution in [3.05, 3.63) is 29.7 Å². The summed E-state index contributed by atoms with van der Waals surface area (Å²) in [4.78, 5) is 11.3. The molecule has 0 bridgehead atoms. The van der Waals surface area contributed by atoms with E-state index in [1.54, 1.807) is 30.1 Å². The average molecular weight is 248 g/mol. The van der Waals surface area contributed by atoms with Gasteiger partial charge in [0.2, 0.25) is 0 Å². The number of rotatable bonds is 4. The molecular formula is C13H16N2O3. The third-order valence-corrected chi connectivity index (χ3v) is 3.13. The van der Waals surface area contributed by atoms with Crippen molar-refractivity contribution >= 4 is 5.97 Å². The molecule has 0 aliphatic carbocycles. The number of nitrogens with zero attached hydrogens (tertiary/aromatic N) is 2. The van der Waals surface area contributed by atoms with E-state index in [0.717, 1.165) is 6.42 Å². The van der Waals surface area contributed by atoms with E-state index >= 15 is 0 Å². The lowest BCUT2D eigenvalue weighted by atomic mass is 10.1. The van der Waals surface area contributed by atoms with Crippen LogP contribution in [0.2, 0.25) is 0 Å². The molecule has 5 nitrogen and oxygen atoms in total. The Balaban J connectivity index is 2.55. The number of aryl methyl sites for hydroxylation is 1. The Morgan fingerprint density at radius 1 is 1.61 bits per heavy atom. The van der Waals surface area contributed by atoms with Crippen molar-refractivity contribution in [2.45, 2.75) is 26.2 Å². The summed E-state index contributed by atoms with van der Waals surface area (Å²) in [5.74, 6) is 0.290. The molecule has 0 amide bonds. The van der Waals surface area contributed by atoms with Gasteiger partial charge in [0, 0.05) is 19.2 Å². The first-order valence-corrected chi connectivity index (χ1v) is 5.90. The monoisotopic (exact) mass is 248 g/mol. The van der Waals surface area contributed by atoms with Gasteiger partial charge >= 0.3 is 5.97 Å². The number of carboxylic acid groups (broad SMARTS) is 1. The molecule has 18 heavy (non-hydrogen) atoms. The van der Waals surface area contributed by atoms with E-state index in [2.05, 4.69) is 5.10 Å². The molecule has 0 saturated carbocycles. The SMILES string of the molecule is CCC(C)c1cc(C(=O)O)c(-c2ccnn2C)o1. The summed E-state index contributed by atoms with van der Waals surface area (Å²) in [6.45, 7) is 4.05. The highest BCUT2D eigenvalue weighted by atomic mass is 16.4. The van der Waals surface area contributed by atoms with Crippen LogP contribution in [0.25, 0.3) is 11.5 Å². The number of aromatic nitrogens is 2. The minimum atomic E-state index is -0.982. The lowest BCUT2D eigenvalue weighted by Crippen LogP contribution is -1.99. The highest BCUT2D eigenvalue weighted by Crippen LogP contribution is 2.31. The highest BCUT2D eigenvalue weighted by Gasteiger charge is 2.22. The van der Waals surface area contributed by atoms with Crippen LogP contribution in [0, 0.1) is 0 Å². The fraction of sp³-hybridized carbons (Fsp3) is 0.385. The molecule has 1 unspecified atom stereocenters. The lowest BCUT2D eigenvalue weighted by molar-refractivity contribution is 0.0697. The Morgan fingerprint density at radius 3 is 2.83 bits per heavy atom. The summed E-state index contributed by atoms with van der Waals surface area (Å²) in [5.41, 5.74) is 0.857. The third kappa shape index (κ3) is 2.03. The van der Waals surface area contributed by atoms with Gasteiger partial charge in [-0.1, -0.05) is 13.8 Å². The van der Waals surface area contributed by atoms with Crippen LogP contribution < -0.4 is 0 Å². The molecule has 1 N–H and O–H groups in total. The van der Waals surface area contributed by atoms with Crippen LogP contribution in [0.15, 0.2) is 22.7 Å². The van der Waals surface area contributed by atoms with E-state index in [0.29, 0.717) is 17.2 Å². The first-order chi connectivity index (χ1) is 8.54.